The molecule has 1 aromatic carbocycles. The quantitative estimate of drug-likeness (QED) is 0.647. The van der Waals surface area contributed by atoms with Crippen LogP contribution in [0, 0.1) is 13.8 Å². The van der Waals surface area contributed by atoms with Crippen LogP contribution in [0.15, 0.2) is 33.3 Å². The van der Waals surface area contributed by atoms with Gasteiger partial charge in [-0.25, -0.2) is 0 Å². The van der Waals surface area contributed by atoms with Crippen LogP contribution in [-0.2, 0) is 6.54 Å². The van der Waals surface area contributed by atoms with Gasteiger partial charge in [0.2, 0.25) is 11.7 Å². The summed E-state index contributed by atoms with van der Waals surface area (Å²) in [7, 11) is 1.63. The topological polar surface area (TPSA) is 97.7 Å². The molecule has 0 N–H and O–H groups in total. The van der Waals surface area contributed by atoms with Gasteiger partial charge in [-0.2, -0.15) is 4.98 Å². The number of hydrogen-bond acceptors (Lipinski definition) is 8. The first-order valence-electron chi connectivity index (χ1n) is 9.46. The van der Waals surface area contributed by atoms with Crippen molar-refractivity contribution in [3.63, 3.8) is 0 Å². The number of hydrogen-bond donors (Lipinski definition) is 0. The van der Waals surface area contributed by atoms with Gasteiger partial charge >= 0.3 is 0 Å². The number of carbonyl (C=O) groups excluding carboxylic acids is 1. The second-order valence-electron chi connectivity index (χ2n) is 7.01. The van der Waals surface area contributed by atoms with Crippen molar-refractivity contribution in [3.05, 3.63) is 47.2 Å². The van der Waals surface area contributed by atoms with Crippen LogP contribution in [-0.4, -0.2) is 64.3 Å². The highest BCUT2D eigenvalue weighted by molar-refractivity contribution is 5.96. The number of aromatic nitrogens is 3. The van der Waals surface area contributed by atoms with Gasteiger partial charge in [-0.1, -0.05) is 10.3 Å². The largest absolute Gasteiger partial charge is 0.497 e. The summed E-state index contributed by atoms with van der Waals surface area (Å²) in [6.07, 6.45) is 0. The maximum absolute atomic E-state index is 12.7. The van der Waals surface area contributed by atoms with Crippen LogP contribution in [0.25, 0.3) is 11.4 Å². The minimum absolute atomic E-state index is 0.0273. The van der Waals surface area contributed by atoms with Crippen molar-refractivity contribution < 1.29 is 18.6 Å². The molecule has 0 saturated carbocycles. The lowest BCUT2D eigenvalue weighted by atomic mass is 10.1. The van der Waals surface area contributed by atoms with Gasteiger partial charge in [0, 0.05) is 31.7 Å². The van der Waals surface area contributed by atoms with Gasteiger partial charge in [-0.15, -0.1) is 0 Å². The van der Waals surface area contributed by atoms with Gasteiger partial charge in [-0.3, -0.25) is 9.69 Å². The Morgan fingerprint density at radius 1 is 1.07 bits per heavy atom. The van der Waals surface area contributed by atoms with Gasteiger partial charge in [-0.05, 0) is 38.1 Å². The fraction of sp³-hybridized carbons (Fsp3) is 0.400. The van der Waals surface area contributed by atoms with E-state index < -0.39 is 0 Å². The molecule has 0 bridgehead atoms. The van der Waals surface area contributed by atoms with E-state index in [0.717, 1.165) is 24.4 Å². The lowest BCUT2D eigenvalue weighted by molar-refractivity contribution is 0.0613. The molecule has 152 valence electrons. The van der Waals surface area contributed by atoms with Crippen molar-refractivity contribution in [3.8, 4) is 17.1 Å². The van der Waals surface area contributed by atoms with Gasteiger partial charge in [0.15, 0.2) is 0 Å². The Kier molecular flexibility index (Phi) is 5.30. The smallest absolute Gasteiger partial charge is 0.259 e. The average molecular weight is 397 g/mol. The summed E-state index contributed by atoms with van der Waals surface area (Å²) < 4.78 is 15.7. The van der Waals surface area contributed by atoms with Crippen molar-refractivity contribution in [2.24, 2.45) is 0 Å². The number of carbonyl (C=O) groups is 1. The predicted octanol–water partition coefficient (Wildman–Crippen LogP) is 2.31. The molecule has 0 atom stereocenters. The zero-order valence-electron chi connectivity index (χ0n) is 16.7. The summed E-state index contributed by atoms with van der Waals surface area (Å²) in [5.74, 6) is 2.42. The third-order valence-electron chi connectivity index (χ3n) is 5.08. The first kappa shape index (κ1) is 19.1. The van der Waals surface area contributed by atoms with Gasteiger partial charge in [0.25, 0.3) is 5.91 Å². The van der Waals surface area contributed by atoms with Crippen LogP contribution < -0.4 is 4.74 Å². The average Bonchev–Trinajstić information content (AvgIpc) is 3.34. The molecule has 9 heteroatoms. The molecule has 3 heterocycles. The third kappa shape index (κ3) is 4.00. The van der Waals surface area contributed by atoms with E-state index in [9.17, 15) is 4.79 Å². The zero-order valence-corrected chi connectivity index (χ0v) is 16.7. The van der Waals surface area contributed by atoms with Crippen LogP contribution in [0.2, 0.25) is 0 Å². The van der Waals surface area contributed by atoms with Gasteiger partial charge in [0.05, 0.1) is 19.3 Å². The number of nitrogens with zero attached hydrogens (tertiary/aromatic N) is 5. The normalized spacial score (nSPS) is 14.9. The Hall–Kier alpha value is -3.20. The molecule has 1 aliphatic heterocycles. The predicted molar refractivity (Wildman–Crippen MR) is 103 cm³/mol. The van der Waals surface area contributed by atoms with Crippen molar-refractivity contribution in [2.45, 2.75) is 20.4 Å². The highest BCUT2D eigenvalue weighted by Gasteiger charge is 2.27. The lowest BCUT2D eigenvalue weighted by Crippen LogP contribution is -2.48. The maximum atomic E-state index is 12.7. The molecule has 0 radical (unpaired) electrons. The first-order valence-corrected chi connectivity index (χ1v) is 9.46. The van der Waals surface area contributed by atoms with E-state index in [1.165, 1.54) is 0 Å². The molecular weight excluding hydrogens is 374 g/mol. The van der Waals surface area contributed by atoms with E-state index in [-0.39, 0.29) is 5.91 Å². The van der Waals surface area contributed by atoms with Crippen LogP contribution in [0.5, 0.6) is 5.75 Å². The number of methoxy groups -OCH3 is 1. The van der Waals surface area contributed by atoms with Crippen LogP contribution >= 0.6 is 0 Å². The SMILES string of the molecule is COc1ccc(-c2noc(CN3CCN(C(=O)c4c(C)noc4C)CC3)n2)cc1. The van der Waals surface area contributed by atoms with E-state index >= 15 is 0 Å². The number of amides is 1. The fourth-order valence-electron chi connectivity index (χ4n) is 3.42. The van der Waals surface area contributed by atoms with Crippen molar-refractivity contribution in [1.29, 1.82) is 0 Å². The summed E-state index contributed by atoms with van der Waals surface area (Å²) in [5.41, 5.74) is 2.07. The lowest BCUT2D eigenvalue weighted by Gasteiger charge is -2.33. The monoisotopic (exact) mass is 397 g/mol. The standard InChI is InChI=1S/C20H23N5O4/c1-13-18(14(2)28-22-13)20(26)25-10-8-24(9-11-25)12-17-21-19(23-29-17)15-4-6-16(27-3)7-5-15/h4-7H,8-12H2,1-3H3. The number of ether oxygens (including phenoxy) is 1. The summed E-state index contributed by atoms with van der Waals surface area (Å²) in [6, 6.07) is 7.51. The Bertz CT molecular complexity index is 967. The van der Waals surface area contributed by atoms with Gasteiger partial charge < -0.3 is 18.7 Å². The minimum atomic E-state index is -0.0273. The summed E-state index contributed by atoms with van der Waals surface area (Å²) >= 11 is 0. The molecule has 3 aromatic rings. The Morgan fingerprint density at radius 2 is 1.79 bits per heavy atom. The number of benzene rings is 1. The highest BCUT2D eigenvalue weighted by Crippen LogP contribution is 2.21. The summed E-state index contributed by atoms with van der Waals surface area (Å²) in [5, 5.41) is 7.94. The molecule has 1 fully saturated rings. The highest BCUT2D eigenvalue weighted by atomic mass is 16.5. The molecule has 2 aromatic heterocycles. The molecule has 0 spiro atoms. The van der Waals surface area contributed by atoms with Gasteiger partial charge in [0.1, 0.15) is 17.1 Å². The second-order valence-corrected chi connectivity index (χ2v) is 7.01. The first-order chi connectivity index (χ1) is 14.0. The zero-order chi connectivity index (χ0) is 20.4. The molecular formula is C20H23N5O4. The summed E-state index contributed by atoms with van der Waals surface area (Å²) in [4.78, 5) is 21.2. The molecule has 1 saturated heterocycles. The Morgan fingerprint density at radius 3 is 2.41 bits per heavy atom. The molecule has 1 amide bonds. The minimum Gasteiger partial charge on any atom is -0.497 e. The number of rotatable bonds is 5. The van der Waals surface area contributed by atoms with Crippen molar-refractivity contribution in [1.82, 2.24) is 25.1 Å². The molecule has 9 nitrogen and oxygen atoms in total. The molecule has 4 rings (SSSR count). The molecule has 0 unspecified atom stereocenters. The second kappa shape index (κ2) is 8.04. The summed E-state index contributed by atoms with van der Waals surface area (Å²) in [6.45, 7) is 6.82. The van der Waals surface area contributed by atoms with Crippen molar-refractivity contribution >= 4 is 5.91 Å². The van der Waals surface area contributed by atoms with Crippen LogP contribution in [0.4, 0.5) is 0 Å². The van der Waals surface area contributed by atoms with Crippen LogP contribution in [0.1, 0.15) is 27.7 Å². The van der Waals surface area contributed by atoms with E-state index in [1.54, 1.807) is 21.0 Å². The maximum Gasteiger partial charge on any atom is 0.259 e. The van der Waals surface area contributed by atoms with E-state index in [1.807, 2.05) is 29.2 Å². The Labute approximate surface area is 168 Å². The van der Waals surface area contributed by atoms with E-state index in [0.29, 0.717) is 48.4 Å². The Balaban J connectivity index is 1.34. The van der Waals surface area contributed by atoms with Crippen LogP contribution in [0.3, 0.4) is 0 Å². The molecule has 0 aliphatic carbocycles. The number of piperazine rings is 1. The van der Waals surface area contributed by atoms with E-state index in [4.69, 9.17) is 13.8 Å². The van der Waals surface area contributed by atoms with E-state index in [2.05, 4.69) is 20.2 Å². The molecule has 29 heavy (non-hydrogen) atoms. The molecule has 1 aliphatic rings. The number of aryl methyl sites for hydroxylation is 2. The fourth-order valence-corrected chi connectivity index (χ4v) is 3.42. The third-order valence-corrected chi connectivity index (χ3v) is 5.08. The van der Waals surface area contributed by atoms with Crippen molar-refractivity contribution in [2.75, 3.05) is 33.3 Å².